The van der Waals surface area contributed by atoms with Crippen molar-refractivity contribution in [2.75, 3.05) is 19.0 Å². The van der Waals surface area contributed by atoms with Crippen molar-refractivity contribution >= 4 is 5.69 Å². The fourth-order valence-electron chi connectivity index (χ4n) is 1.64. The second kappa shape index (κ2) is 5.94. The van der Waals surface area contributed by atoms with E-state index in [9.17, 15) is 0 Å². The van der Waals surface area contributed by atoms with Crippen LogP contribution in [0.25, 0.3) is 0 Å². The molecule has 0 aromatic heterocycles. The van der Waals surface area contributed by atoms with Gasteiger partial charge in [0.1, 0.15) is 5.75 Å². The van der Waals surface area contributed by atoms with Gasteiger partial charge >= 0.3 is 0 Å². The number of benzene rings is 2. The second-order valence-corrected chi connectivity index (χ2v) is 3.80. The molecule has 0 atom stereocenters. The highest BCUT2D eigenvalue weighted by molar-refractivity contribution is 5.41. The van der Waals surface area contributed by atoms with Crippen molar-refractivity contribution in [1.82, 2.24) is 0 Å². The van der Waals surface area contributed by atoms with E-state index in [1.165, 1.54) is 5.56 Å². The smallest absolute Gasteiger partial charge is 0.118 e. The molecule has 0 aliphatic heterocycles. The Morgan fingerprint density at radius 1 is 1.12 bits per heavy atom. The largest absolute Gasteiger partial charge is 0.497 e. The number of nitrogens with one attached hydrogen (secondary N) is 1. The van der Waals surface area contributed by atoms with Gasteiger partial charge in [0.25, 0.3) is 0 Å². The molecule has 0 fully saturated rings. The number of para-hydroxylation sites is 1. The first kappa shape index (κ1) is 11.5. The predicted molar refractivity (Wildman–Crippen MR) is 70.5 cm³/mol. The van der Waals surface area contributed by atoms with Crippen LogP contribution in [-0.4, -0.2) is 13.7 Å². The Balaban J connectivity index is 1.82. The molecule has 0 saturated heterocycles. The maximum Gasteiger partial charge on any atom is 0.118 e. The lowest BCUT2D eigenvalue weighted by Crippen LogP contribution is -2.04. The van der Waals surface area contributed by atoms with Gasteiger partial charge in [-0.15, -0.1) is 0 Å². The molecule has 2 aromatic carbocycles. The van der Waals surface area contributed by atoms with E-state index in [1.54, 1.807) is 7.11 Å². The van der Waals surface area contributed by atoms with Gasteiger partial charge < -0.3 is 10.1 Å². The lowest BCUT2D eigenvalue weighted by molar-refractivity contribution is 0.414. The summed E-state index contributed by atoms with van der Waals surface area (Å²) in [5.74, 6) is 0.901. The Hall–Kier alpha value is -1.96. The van der Waals surface area contributed by atoms with Gasteiger partial charge in [0.05, 0.1) is 7.11 Å². The first-order valence-electron chi connectivity index (χ1n) is 5.72. The number of hydrogen-bond donors (Lipinski definition) is 1. The van der Waals surface area contributed by atoms with E-state index in [2.05, 4.69) is 23.5 Å². The van der Waals surface area contributed by atoms with Crippen molar-refractivity contribution in [3.8, 4) is 5.75 Å². The van der Waals surface area contributed by atoms with Crippen molar-refractivity contribution in [2.45, 2.75) is 6.42 Å². The van der Waals surface area contributed by atoms with Gasteiger partial charge in [-0.3, -0.25) is 0 Å². The molecule has 1 N–H and O–H groups in total. The molecule has 0 heterocycles. The standard InChI is InChI=1S/C15H16NO/c1-17-15-9-7-13(8-10-15)11-12-16-14-5-3-2-4-6-14/h2-5,7-10,16H,11-12H2,1H3. The lowest BCUT2D eigenvalue weighted by atomic mass is 10.1. The Bertz CT molecular complexity index is 436. The summed E-state index contributed by atoms with van der Waals surface area (Å²) in [5.41, 5.74) is 2.34. The topological polar surface area (TPSA) is 21.3 Å². The molecule has 2 heteroatoms. The number of rotatable bonds is 5. The second-order valence-electron chi connectivity index (χ2n) is 3.80. The van der Waals surface area contributed by atoms with E-state index < -0.39 is 0 Å². The molecule has 17 heavy (non-hydrogen) atoms. The van der Waals surface area contributed by atoms with E-state index in [1.807, 2.05) is 36.4 Å². The Labute approximate surface area is 102 Å². The summed E-state index contributed by atoms with van der Waals surface area (Å²) in [4.78, 5) is 0. The highest BCUT2D eigenvalue weighted by Gasteiger charge is 1.95. The van der Waals surface area contributed by atoms with Crippen LogP contribution in [0.1, 0.15) is 5.56 Å². The summed E-state index contributed by atoms with van der Waals surface area (Å²) in [6, 6.07) is 19.2. The van der Waals surface area contributed by atoms with Gasteiger partial charge in [0, 0.05) is 18.3 Å². The van der Waals surface area contributed by atoms with Crippen LogP contribution in [0.2, 0.25) is 0 Å². The fourth-order valence-corrected chi connectivity index (χ4v) is 1.64. The molecule has 2 aromatic rings. The Morgan fingerprint density at radius 3 is 2.59 bits per heavy atom. The van der Waals surface area contributed by atoms with Crippen LogP contribution < -0.4 is 10.1 Å². The van der Waals surface area contributed by atoms with Crippen molar-refractivity contribution in [2.24, 2.45) is 0 Å². The minimum atomic E-state index is 0.901. The molecule has 0 saturated carbocycles. The Kier molecular flexibility index (Phi) is 4.03. The first-order valence-corrected chi connectivity index (χ1v) is 5.72. The van der Waals surface area contributed by atoms with Crippen LogP contribution in [0.15, 0.2) is 48.5 Å². The predicted octanol–water partition coefficient (Wildman–Crippen LogP) is 3.15. The molecular weight excluding hydrogens is 210 g/mol. The quantitative estimate of drug-likeness (QED) is 0.845. The molecule has 2 nitrogen and oxygen atoms in total. The zero-order valence-electron chi connectivity index (χ0n) is 9.94. The monoisotopic (exact) mass is 226 g/mol. The van der Waals surface area contributed by atoms with E-state index >= 15 is 0 Å². The van der Waals surface area contributed by atoms with Gasteiger partial charge in [-0.1, -0.05) is 30.3 Å². The maximum absolute atomic E-state index is 5.12. The minimum Gasteiger partial charge on any atom is -0.497 e. The van der Waals surface area contributed by atoms with Gasteiger partial charge in [-0.25, -0.2) is 0 Å². The first-order chi connectivity index (χ1) is 8.38. The molecule has 0 spiro atoms. The average molecular weight is 226 g/mol. The summed E-state index contributed by atoms with van der Waals surface area (Å²) in [7, 11) is 1.68. The normalized spacial score (nSPS) is 9.94. The van der Waals surface area contributed by atoms with E-state index in [-0.39, 0.29) is 0 Å². The Morgan fingerprint density at radius 2 is 1.94 bits per heavy atom. The highest BCUT2D eigenvalue weighted by atomic mass is 16.5. The third kappa shape index (κ3) is 3.52. The zero-order valence-corrected chi connectivity index (χ0v) is 9.94. The van der Waals surface area contributed by atoms with E-state index in [0.29, 0.717) is 0 Å². The molecule has 0 unspecified atom stereocenters. The molecule has 0 bridgehead atoms. The number of methoxy groups -OCH3 is 1. The molecular formula is C15H16NO. The zero-order chi connectivity index (χ0) is 11.9. The third-order valence-electron chi connectivity index (χ3n) is 2.60. The lowest BCUT2D eigenvalue weighted by Gasteiger charge is -2.06. The highest BCUT2D eigenvalue weighted by Crippen LogP contribution is 2.12. The van der Waals surface area contributed by atoms with Gasteiger partial charge in [-0.05, 0) is 30.2 Å². The van der Waals surface area contributed by atoms with Gasteiger partial charge in [0.2, 0.25) is 0 Å². The molecule has 0 amide bonds. The molecule has 0 aliphatic carbocycles. The van der Waals surface area contributed by atoms with Crippen molar-refractivity contribution < 1.29 is 4.74 Å². The van der Waals surface area contributed by atoms with Gasteiger partial charge in [-0.2, -0.15) is 0 Å². The summed E-state index contributed by atoms with van der Waals surface area (Å²) in [6.07, 6.45) is 0.993. The molecule has 1 radical (unpaired) electrons. The number of anilines is 1. The van der Waals surface area contributed by atoms with Crippen LogP contribution in [-0.2, 0) is 6.42 Å². The van der Waals surface area contributed by atoms with Crippen LogP contribution in [0.3, 0.4) is 0 Å². The van der Waals surface area contributed by atoms with Crippen molar-refractivity contribution in [3.63, 3.8) is 0 Å². The van der Waals surface area contributed by atoms with Crippen LogP contribution in [0.5, 0.6) is 5.75 Å². The van der Waals surface area contributed by atoms with Crippen LogP contribution >= 0.6 is 0 Å². The van der Waals surface area contributed by atoms with Crippen LogP contribution in [0, 0.1) is 6.07 Å². The SMILES string of the molecule is COc1ccc(CCNc2[c]cccc2)cc1. The maximum atomic E-state index is 5.12. The summed E-state index contributed by atoms with van der Waals surface area (Å²) in [5, 5.41) is 3.33. The van der Waals surface area contributed by atoms with Crippen molar-refractivity contribution in [1.29, 1.82) is 0 Å². The molecule has 2 rings (SSSR count). The van der Waals surface area contributed by atoms with Crippen molar-refractivity contribution in [3.05, 3.63) is 60.2 Å². The summed E-state index contributed by atoms with van der Waals surface area (Å²) >= 11 is 0. The average Bonchev–Trinajstić information content (AvgIpc) is 2.41. The number of ether oxygens (including phenoxy) is 1. The van der Waals surface area contributed by atoms with E-state index in [4.69, 9.17) is 4.74 Å². The van der Waals surface area contributed by atoms with E-state index in [0.717, 1.165) is 24.4 Å². The fraction of sp³-hybridized carbons (Fsp3) is 0.200. The molecule has 0 aliphatic rings. The number of hydrogen-bond acceptors (Lipinski definition) is 2. The van der Waals surface area contributed by atoms with Gasteiger partial charge in [0.15, 0.2) is 0 Å². The molecule has 87 valence electrons. The summed E-state index contributed by atoms with van der Waals surface area (Å²) in [6.45, 7) is 0.910. The summed E-state index contributed by atoms with van der Waals surface area (Å²) < 4.78 is 5.12. The third-order valence-corrected chi connectivity index (χ3v) is 2.60. The minimum absolute atomic E-state index is 0.901. The van der Waals surface area contributed by atoms with Crippen LogP contribution in [0.4, 0.5) is 5.69 Å².